The topological polar surface area (TPSA) is 43.8 Å². The van der Waals surface area contributed by atoms with Gasteiger partial charge in [0.1, 0.15) is 11.6 Å². The van der Waals surface area contributed by atoms with Crippen molar-refractivity contribution in [1.82, 2.24) is 9.55 Å². The van der Waals surface area contributed by atoms with Gasteiger partial charge in [-0.2, -0.15) is 0 Å². The van der Waals surface area contributed by atoms with Crippen molar-refractivity contribution >= 4 is 16.7 Å². The molecule has 0 unspecified atom stereocenters. The molecule has 3 rings (SSSR count). The molecule has 96 valence electrons. The van der Waals surface area contributed by atoms with E-state index in [0.717, 1.165) is 33.7 Å². The molecule has 3 nitrogen and oxygen atoms in total. The molecule has 0 aliphatic heterocycles. The Morgan fingerprint density at radius 1 is 1.21 bits per heavy atom. The van der Waals surface area contributed by atoms with Gasteiger partial charge in [0.15, 0.2) is 0 Å². The number of fused-ring (bicyclic) bond motifs is 1. The quantitative estimate of drug-likeness (QED) is 0.678. The lowest BCUT2D eigenvalue weighted by Gasteiger charge is -2.08. The van der Waals surface area contributed by atoms with E-state index in [0.29, 0.717) is 0 Å². The van der Waals surface area contributed by atoms with Gasteiger partial charge >= 0.3 is 0 Å². The minimum absolute atomic E-state index is 0.258. The van der Waals surface area contributed by atoms with Crippen LogP contribution in [0.5, 0.6) is 0 Å². The highest BCUT2D eigenvalue weighted by atomic mass is 19.1. The molecular formula is C15H14FN3. The van der Waals surface area contributed by atoms with Crippen molar-refractivity contribution in [3.05, 3.63) is 47.8 Å². The van der Waals surface area contributed by atoms with Gasteiger partial charge in [-0.25, -0.2) is 9.37 Å². The van der Waals surface area contributed by atoms with E-state index in [1.165, 1.54) is 12.1 Å². The summed E-state index contributed by atoms with van der Waals surface area (Å²) in [6, 6.07) is 10.3. The Bertz CT molecular complexity index is 774. The standard InChI is InChI=1S/C15H14FN3/c1-9-11(4-3-5-12(9)17)15-18-13-7-6-10(16)8-14(13)19(15)2/h3-8H,17H2,1-2H3. The van der Waals surface area contributed by atoms with Crippen LogP contribution >= 0.6 is 0 Å². The second-order valence-electron chi connectivity index (χ2n) is 4.65. The molecule has 4 heteroatoms. The van der Waals surface area contributed by atoms with Crippen LogP contribution in [0.2, 0.25) is 0 Å². The van der Waals surface area contributed by atoms with Gasteiger partial charge < -0.3 is 10.3 Å². The van der Waals surface area contributed by atoms with Crippen LogP contribution in [0.3, 0.4) is 0 Å². The Morgan fingerprint density at radius 2 is 2.00 bits per heavy atom. The van der Waals surface area contributed by atoms with Gasteiger partial charge in [0.25, 0.3) is 0 Å². The average molecular weight is 255 g/mol. The number of hydrogen-bond acceptors (Lipinski definition) is 2. The predicted molar refractivity (Wildman–Crippen MR) is 75.3 cm³/mol. The number of hydrogen-bond donors (Lipinski definition) is 1. The minimum Gasteiger partial charge on any atom is -0.398 e. The highest BCUT2D eigenvalue weighted by Crippen LogP contribution is 2.29. The zero-order valence-electron chi connectivity index (χ0n) is 10.8. The number of rotatable bonds is 1. The Balaban J connectivity index is 2.31. The Kier molecular flexibility index (Phi) is 2.52. The van der Waals surface area contributed by atoms with Crippen molar-refractivity contribution in [3.8, 4) is 11.4 Å². The van der Waals surface area contributed by atoms with Gasteiger partial charge in [-0.1, -0.05) is 12.1 Å². The van der Waals surface area contributed by atoms with Crippen LogP contribution in [-0.2, 0) is 7.05 Å². The maximum Gasteiger partial charge on any atom is 0.141 e. The van der Waals surface area contributed by atoms with Crippen LogP contribution in [0.15, 0.2) is 36.4 Å². The SMILES string of the molecule is Cc1c(N)cccc1-c1nc2ccc(F)cc2n1C. The number of halogens is 1. The molecule has 0 bridgehead atoms. The Morgan fingerprint density at radius 3 is 2.79 bits per heavy atom. The fraction of sp³-hybridized carbons (Fsp3) is 0.133. The molecule has 0 saturated carbocycles. The molecule has 0 amide bonds. The van der Waals surface area contributed by atoms with Crippen molar-refractivity contribution in [2.75, 3.05) is 5.73 Å². The number of benzene rings is 2. The molecule has 0 aliphatic rings. The third-order valence-electron chi connectivity index (χ3n) is 3.46. The molecular weight excluding hydrogens is 241 g/mol. The van der Waals surface area contributed by atoms with E-state index in [1.807, 2.05) is 36.7 Å². The molecule has 2 aromatic carbocycles. The fourth-order valence-corrected chi connectivity index (χ4v) is 2.30. The number of nitrogen functional groups attached to an aromatic ring is 1. The summed E-state index contributed by atoms with van der Waals surface area (Å²) in [7, 11) is 1.88. The number of nitrogens with two attached hydrogens (primary N) is 1. The molecule has 19 heavy (non-hydrogen) atoms. The lowest BCUT2D eigenvalue weighted by atomic mass is 10.1. The normalized spacial score (nSPS) is 11.1. The average Bonchev–Trinajstić information content (AvgIpc) is 2.70. The summed E-state index contributed by atoms with van der Waals surface area (Å²) >= 11 is 0. The first-order chi connectivity index (χ1) is 9.08. The second kappa shape index (κ2) is 4.09. The summed E-state index contributed by atoms with van der Waals surface area (Å²) < 4.78 is 15.2. The van der Waals surface area contributed by atoms with E-state index in [9.17, 15) is 4.39 Å². The van der Waals surface area contributed by atoms with Crippen molar-refractivity contribution in [2.45, 2.75) is 6.92 Å². The van der Waals surface area contributed by atoms with Crippen molar-refractivity contribution in [1.29, 1.82) is 0 Å². The van der Waals surface area contributed by atoms with E-state index >= 15 is 0 Å². The number of aromatic nitrogens is 2. The fourth-order valence-electron chi connectivity index (χ4n) is 2.30. The van der Waals surface area contributed by atoms with Gasteiger partial charge in [0.2, 0.25) is 0 Å². The van der Waals surface area contributed by atoms with Crippen LogP contribution in [0, 0.1) is 12.7 Å². The third kappa shape index (κ3) is 1.76. The Hall–Kier alpha value is -2.36. The predicted octanol–water partition coefficient (Wildman–Crippen LogP) is 3.27. The van der Waals surface area contributed by atoms with Crippen molar-refractivity contribution < 1.29 is 4.39 Å². The van der Waals surface area contributed by atoms with E-state index < -0.39 is 0 Å². The minimum atomic E-state index is -0.258. The van der Waals surface area contributed by atoms with Crippen LogP contribution in [-0.4, -0.2) is 9.55 Å². The molecule has 0 fully saturated rings. The van der Waals surface area contributed by atoms with Crippen LogP contribution < -0.4 is 5.73 Å². The molecule has 0 aliphatic carbocycles. The zero-order valence-corrected chi connectivity index (χ0v) is 10.8. The summed E-state index contributed by atoms with van der Waals surface area (Å²) in [6.07, 6.45) is 0. The number of imidazole rings is 1. The monoisotopic (exact) mass is 255 g/mol. The number of anilines is 1. The van der Waals surface area contributed by atoms with Gasteiger partial charge in [-0.3, -0.25) is 0 Å². The third-order valence-corrected chi connectivity index (χ3v) is 3.46. The highest BCUT2D eigenvalue weighted by molar-refractivity contribution is 5.82. The zero-order chi connectivity index (χ0) is 13.6. The maximum atomic E-state index is 13.3. The van der Waals surface area contributed by atoms with Crippen LogP contribution in [0.25, 0.3) is 22.4 Å². The number of nitrogens with zero attached hydrogens (tertiary/aromatic N) is 2. The van der Waals surface area contributed by atoms with Crippen LogP contribution in [0.4, 0.5) is 10.1 Å². The molecule has 1 aromatic heterocycles. The molecule has 2 N–H and O–H groups in total. The van der Waals surface area contributed by atoms with Gasteiger partial charge in [-0.05, 0) is 36.8 Å². The summed E-state index contributed by atoms with van der Waals surface area (Å²) in [5, 5.41) is 0. The van der Waals surface area contributed by atoms with E-state index in [-0.39, 0.29) is 5.82 Å². The van der Waals surface area contributed by atoms with Gasteiger partial charge in [0, 0.05) is 18.3 Å². The van der Waals surface area contributed by atoms with Gasteiger partial charge in [-0.15, -0.1) is 0 Å². The second-order valence-corrected chi connectivity index (χ2v) is 4.65. The molecule has 3 aromatic rings. The van der Waals surface area contributed by atoms with E-state index in [2.05, 4.69) is 4.98 Å². The highest BCUT2D eigenvalue weighted by Gasteiger charge is 2.13. The summed E-state index contributed by atoms with van der Waals surface area (Å²) in [6.45, 7) is 1.96. The lowest BCUT2D eigenvalue weighted by Crippen LogP contribution is -1.97. The molecule has 1 heterocycles. The molecule has 0 spiro atoms. The first-order valence-corrected chi connectivity index (χ1v) is 6.05. The summed E-state index contributed by atoms with van der Waals surface area (Å²) in [5.41, 5.74) is 10.2. The van der Waals surface area contributed by atoms with E-state index in [1.54, 1.807) is 6.07 Å². The van der Waals surface area contributed by atoms with Gasteiger partial charge in [0.05, 0.1) is 11.0 Å². The molecule has 0 atom stereocenters. The molecule has 0 radical (unpaired) electrons. The maximum absolute atomic E-state index is 13.3. The Labute approximate surface area is 110 Å². The van der Waals surface area contributed by atoms with Crippen LogP contribution in [0.1, 0.15) is 5.56 Å². The summed E-state index contributed by atoms with van der Waals surface area (Å²) in [4.78, 5) is 4.57. The van der Waals surface area contributed by atoms with E-state index in [4.69, 9.17) is 5.73 Å². The largest absolute Gasteiger partial charge is 0.398 e. The van der Waals surface area contributed by atoms with Crippen molar-refractivity contribution in [3.63, 3.8) is 0 Å². The smallest absolute Gasteiger partial charge is 0.141 e. The molecule has 0 saturated heterocycles. The lowest BCUT2D eigenvalue weighted by molar-refractivity contribution is 0.629. The number of aryl methyl sites for hydroxylation is 1. The first-order valence-electron chi connectivity index (χ1n) is 6.05. The summed E-state index contributed by atoms with van der Waals surface area (Å²) in [5.74, 6) is 0.539. The van der Waals surface area contributed by atoms with Crippen molar-refractivity contribution in [2.24, 2.45) is 7.05 Å². The first kappa shape index (κ1) is 11.7.